The van der Waals surface area contributed by atoms with Gasteiger partial charge in [-0.05, 0) is 12.5 Å². The highest BCUT2D eigenvalue weighted by Crippen LogP contribution is 2.37. The number of Topliss-reactive ketones (excluding diaryl/α,β-unsaturated/α-hetero) is 1. The summed E-state index contributed by atoms with van der Waals surface area (Å²) in [6.07, 6.45) is 0. The molecule has 0 spiro atoms. The average Bonchev–Trinajstić information content (AvgIpc) is 2.73. The highest BCUT2D eigenvalue weighted by atomic mass is 16.5. The fourth-order valence-electron chi connectivity index (χ4n) is 2.36. The molecule has 21 heavy (non-hydrogen) atoms. The van der Waals surface area contributed by atoms with Crippen LogP contribution in [0.3, 0.4) is 0 Å². The number of amides is 1. The number of aliphatic hydroxyl groups excluding tert-OH is 1. The van der Waals surface area contributed by atoms with Gasteiger partial charge in [0.2, 0.25) is 0 Å². The van der Waals surface area contributed by atoms with Gasteiger partial charge in [-0.2, -0.15) is 0 Å². The topological polar surface area (TPSA) is 83.9 Å². The van der Waals surface area contributed by atoms with E-state index in [4.69, 9.17) is 0 Å². The van der Waals surface area contributed by atoms with E-state index in [1.165, 1.54) is 14.0 Å². The number of hydrogen-bond acceptors (Lipinski definition) is 5. The second-order valence-corrected chi connectivity index (χ2v) is 4.64. The molecule has 0 radical (unpaired) electrons. The number of hydrogen-bond donors (Lipinski definition) is 1. The molecule has 110 valence electrons. The Morgan fingerprint density at radius 1 is 1.29 bits per heavy atom. The number of carbonyl (C=O) groups is 3. The number of methoxy groups -OCH3 is 1. The molecule has 6 heteroatoms. The third-order valence-corrected chi connectivity index (χ3v) is 3.33. The molecular weight excluding hydrogens is 274 g/mol. The van der Waals surface area contributed by atoms with Gasteiger partial charge >= 0.3 is 5.97 Å². The molecule has 1 aliphatic rings. The van der Waals surface area contributed by atoms with E-state index in [0.29, 0.717) is 5.56 Å². The van der Waals surface area contributed by atoms with E-state index in [9.17, 15) is 19.5 Å². The molecule has 0 saturated heterocycles. The summed E-state index contributed by atoms with van der Waals surface area (Å²) in [7, 11) is 1.21. The number of ketones is 1. The number of nitrogens with zero attached hydrogens (tertiary/aromatic N) is 1. The minimum absolute atomic E-state index is 0.00453. The maximum atomic E-state index is 12.1. The number of carbonyl (C=O) groups excluding carboxylic acids is 3. The molecule has 1 N–H and O–H groups in total. The van der Waals surface area contributed by atoms with Crippen LogP contribution in [0, 0.1) is 0 Å². The number of ether oxygens (including phenoxy) is 1. The Bertz CT molecular complexity index is 620. The van der Waals surface area contributed by atoms with Crippen LogP contribution in [0.15, 0.2) is 41.7 Å². The van der Waals surface area contributed by atoms with Crippen molar-refractivity contribution in [1.29, 1.82) is 0 Å². The SMILES string of the molecule is COC(=O)CN1C(=O)C(O)=C(C(C)=O)[C@H]1c1ccccc1. The zero-order valence-corrected chi connectivity index (χ0v) is 11.7. The van der Waals surface area contributed by atoms with Crippen LogP contribution in [0.5, 0.6) is 0 Å². The van der Waals surface area contributed by atoms with Crippen LogP contribution in [0.25, 0.3) is 0 Å². The Balaban J connectivity index is 2.49. The van der Waals surface area contributed by atoms with Crippen molar-refractivity contribution in [2.75, 3.05) is 13.7 Å². The van der Waals surface area contributed by atoms with Gasteiger partial charge in [0.25, 0.3) is 5.91 Å². The van der Waals surface area contributed by atoms with Gasteiger partial charge < -0.3 is 14.7 Å². The Labute approximate surface area is 121 Å². The first kappa shape index (κ1) is 14.8. The molecule has 1 atom stereocenters. The number of benzene rings is 1. The molecule has 0 fully saturated rings. The summed E-state index contributed by atoms with van der Waals surface area (Å²) in [4.78, 5) is 36.5. The first-order valence-electron chi connectivity index (χ1n) is 6.34. The normalized spacial score (nSPS) is 18.1. The van der Waals surface area contributed by atoms with Crippen LogP contribution >= 0.6 is 0 Å². The average molecular weight is 289 g/mol. The van der Waals surface area contributed by atoms with E-state index in [2.05, 4.69) is 4.74 Å². The molecule has 0 aromatic heterocycles. The summed E-state index contributed by atoms with van der Waals surface area (Å²) in [6, 6.07) is 7.97. The molecule has 1 aliphatic heterocycles. The fourth-order valence-corrected chi connectivity index (χ4v) is 2.36. The van der Waals surface area contributed by atoms with Crippen molar-refractivity contribution in [1.82, 2.24) is 4.90 Å². The van der Waals surface area contributed by atoms with Crippen LogP contribution in [0.4, 0.5) is 0 Å². The predicted octanol–water partition coefficient (Wildman–Crippen LogP) is 1.14. The third kappa shape index (κ3) is 2.65. The van der Waals surface area contributed by atoms with Crippen LogP contribution in [-0.4, -0.2) is 41.3 Å². The molecule has 2 rings (SSSR count). The molecule has 0 unspecified atom stereocenters. The lowest BCUT2D eigenvalue weighted by molar-refractivity contribution is -0.146. The minimum Gasteiger partial charge on any atom is -0.503 e. The van der Waals surface area contributed by atoms with Crippen LogP contribution in [0.1, 0.15) is 18.5 Å². The van der Waals surface area contributed by atoms with Crippen molar-refractivity contribution >= 4 is 17.7 Å². The predicted molar refractivity (Wildman–Crippen MR) is 73.2 cm³/mol. The summed E-state index contributed by atoms with van der Waals surface area (Å²) in [5, 5.41) is 9.93. The number of esters is 1. The first-order valence-corrected chi connectivity index (χ1v) is 6.34. The molecule has 0 bridgehead atoms. The Kier molecular flexibility index (Phi) is 4.07. The van der Waals surface area contributed by atoms with Gasteiger partial charge in [0.05, 0.1) is 18.7 Å². The fraction of sp³-hybridized carbons (Fsp3) is 0.267. The summed E-state index contributed by atoms with van der Waals surface area (Å²) in [5.41, 5.74) is 0.638. The largest absolute Gasteiger partial charge is 0.503 e. The van der Waals surface area contributed by atoms with Crippen molar-refractivity contribution in [3.63, 3.8) is 0 Å². The minimum atomic E-state index is -0.782. The van der Waals surface area contributed by atoms with Gasteiger partial charge in [-0.25, -0.2) is 0 Å². The number of rotatable bonds is 4. The van der Waals surface area contributed by atoms with Gasteiger partial charge in [0.15, 0.2) is 11.5 Å². The molecular formula is C15H15NO5. The third-order valence-electron chi connectivity index (χ3n) is 3.33. The Hall–Kier alpha value is -2.63. The second kappa shape index (κ2) is 5.78. The van der Waals surface area contributed by atoms with Crippen molar-refractivity contribution in [2.45, 2.75) is 13.0 Å². The zero-order valence-electron chi connectivity index (χ0n) is 11.7. The van der Waals surface area contributed by atoms with Crippen molar-refractivity contribution < 1.29 is 24.2 Å². The molecule has 1 heterocycles. The second-order valence-electron chi connectivity index (χ2n) is 4.64. The molecule has 6 nitrogen and oxygen atoms in total. The van der Waals surface area contributed by atoms with Crippen LogP contribution in [-0.2, 0) is 19.1 Å². The van der Waals surface area contributed by atoms with Gasteiger partial charge in [-0.1, -0.05) is 30.3 Å². The van der Waals surface area contributed by atoms with E-state index < -0.39 is 29.5 Å². The summed E-state index contributed by atoms with van der Waals surface area (Å²) in [5.74, 6) is -2.40. The maximum Gasteiger partial charge on any atom is 0.325 e. The Morgan fingerprint density at radius 3 is 2.43 bits per heavy atom. The van der Waals surface area contributed by atoms with Crippen LogP contribution in [0.2, 0.25) is 0 Å². The van der Waals surface area contributed by atoms with Gasteiger partial charge in [-0.3, -0.25) is 14.4 Å². The Morgan fingerprint density at radius 2 is 1.90 bits per heavy atom. The lowest BCUT2D eigenvalue weighted by atomic mass is 9.97. The first-order chi connectivity index (χ1) is 9.97. The van der Waals surface area contributed by atoms with Gasteiger partial charge in [0, 0.05) is 0 Å². The lowest BCUT2D eigenvalue weighted by Crippen LogP contribution is -2.36. The number of aliphatic hydroxyl groups is 1. The van der Waals surface area contributed by atoms with E-state index in [0.717, 1.165) is 4.90 Å². The van der Waals surface area contributed by atoms with Crippen molar-refractivity contribution in [3.05, 3.63) is 47.2 Å². The lowest BCUT2D eigenvalue weighted by Gasteiger charge is -2.25. The van der Waals surface area contributed by atoms with E-state index in [1.54, 1.807) is 30.3 Å². The van der Waals surface area contributed by atoms with Gasteiger partial charge in [-0.15, -0.1) is 0 Å². The van der Waals surface area contributed by atoms with Crippen molar-refractivity contribution in [3.8, 4) is 0 Å². The van der Waals surface area contributed by atoms with Gasteiger partial charge in [0.1, 0.15) is 6.54 Å². The summed E-state index contributed by atoms with van der Waals surface area (Å²) >= 11 is 0. The highest BCUT2D eigenvalue weighted by Gasteiger charge is 2.43. The standard InChI is InChI=1S/C15H15NO5/c1-9(17)12-13(10-6-4-3-5-7-10)16(8-11(18)21-2)15(20)14(12)19/h3-7,13,19H,8H2,1-2H3/t13-/m1/s1. The monoisotopic (exact) mass is 289 g/mol. The van der Waals surface area contributed by atoms with Crippen LogP contribution < -0.4 is 0 Å². The van der Waals surface area contributed by atoms with E-state index in [-0.39, 0.29) is 12.1 Å². The smallest absolute Gasteiger partial charge is 0.325 e. The quantitative estimate of drug-likeness (QED) is 0.840. The summed E-state index contributed by atoms with van der Waals surface area (Å²) in [6.45, 7) is 0.937. The molecule has 0 saturated carbocycles. The molecule has 1 aromatic rings. The van der Waals surface area contributed by atoms with E-state index >= 15 is 0 Å². The molecule has 1 amide bonds. The maximum absolute atomic E-state index is 12.1. The highest BCUT2D eigenvalue weighted by molar-refractivity contribution is 6.08. The van der Waals surface area contributed by atoms with Crippen molar-refractivity contribution in [2.24, 2.45) is 0 Å². The van der Waals surface area contributed by atoms with E-state index in [1.807, 2.05) is 0 Å². The molecule has 1 aromatic carbocycles. The molecule has 0 aliphatic carbocycles. The zero-order chi connectivity index (χ0) is 15.6. The summed E-state index contributed by atoms with van der Waals surface area (Å²) < 4.78 is 4.56.